The fourth-order valence-electron chi connectivity index (χ4n) is 3.68. The minimum Gasteiger partial charge on any atom is -0.490 e. The minimum absolute atomic E-state index is 0.0301. The zero-order valence-corrected chi connectivity index (χ0v) is 21.5. The number of hydrogen-bond donors (Lipinski definition) is 1. The molecule has 36 heavy (non-hydrogen) atoms. The second-order valence-corrected chi connectivity index (χ2v) is 9.49. The maximum atomic E-state index is 12.8. The number of thiazole rings is 1. The number of aromatic nitrogens is 1. The predicted molar refractivity (Wildman–Crippen MR) is 144 cm³/mol. The lowest BCUT2D eigenvalue weighted by Crippen LogP contribution is -2.13. The van der Waals surface area contributed by atoms with E-state index in [2.05, 4.69) is 22.4 Å². The molecule has 0 spiro atoms. The molecule has 4 aromatic rings. The number of nitrogens with one attached hydrogen (secondary N) is 1. The number of ether oxygens (including phenoxy) is 2. The van der Waals surface area contributed by atoms with Gasteiger partial charge in [-0.05, 0) is 80.3 Å². The SMILES string of the molecule is CCOc1cc(C=C(C#N)C(=O)Nc2nc3cc(C)c(C)cc3s2)ccc1OCc1cccc(C)c1. The van der Waals surface area contributed by atoms with E-state index in [1.54, 1.807) is 18.2 Å². The fourth-order valence-corrected chi connectivity index (χ4v) is 4.62. The lowest BCUT2D eigenvalue weighted by molar-refractivity contribution is -0.112. The number of anilines is 1. The van der Waals surface area contributed by atoms with Gasteiger partial charge in [0.15, 0.2) is 16.6 Å². The molecule has 4 rings (SSSR count). The smallest absolute Gasteiger partial charge is 0.268 e. The van der Waals surface area contributed by atoms with Crippen molar-refractivity contribution in [1.29, 1.82) is 5.26 Å². The van der Waals surface area contributed by atoms with Gasteiger partial charge in [0.1, 0.15) is 18.2 Å². The van der Waals surface area contributed by atoms with E-state index in [9.17, 15) is 10.1 Å². The first-order valence-corrected chi connectivity index (χ1v) is 12.4. The summed E-state index contributed by atoms with van der Waals surface area (Å²) in [4.78, 5) is 17.3. The van der Waals surface area contributed by atoms with E-state index in [1.165, 1.54) is 23.0 Å². The van der Waals surface area contributed by atoms with Crippen LogP contribution in [0.2, 0.25) is 0 Å². The van der Waals surface area contributed by atoms with Gasteiger partial charge < -0.3 is 9.47 Å². The minimum atomic E-state index is -0.511. The Morgan fingerprint density at radius 1 is 1.06 bits per heavy atom. The van der Waals surface area contributed by atoms with Crippen molar-refractivity contribution in [3.8, 4) is 17.6 Å². The number of benzene rings is 3. The van der Waals surface area contributed by atoms with Crippen LogP contribution in [0.25, 0.3) is 16.3 Å². The standard InChI is InChI=1S/C29H27N3O3S/c1-5-34-26-15-21(9-10-25(26)35-17-22-8-6-7-18(2)11-22)14-23(16-30)28(33)32-29-31-24-12-19(3)20(4)13-27(24)36-29/h6-15H,5,17H2,1-4H3,(H,31,32,33). The first-order valence-electron chi connectivity index (χ1n) is 11.6. The van der Waals surface area contributed by atoms with Crippen LogP contribution in [-0.2, 0) is 11.4 Å². The van der Waals surface area contributed by atoms with Gasteiger partial charge in [0.05, 0.1) is 16.8 Å². The first-order chi connectivity index (χ1) is 17.4. The van der Waals surface area contributed by atoms with Gasteiger partial charge in [0.25, 0.3) is 5.91 Å². The van der Waals surface area contributed by atoms with Gasteiger partial charge in [-0.2, -0.15) is 5.26 Å². The van der Waals surface area contributed by atoms with Crippen molar-refractivity contribution in [2.75, 3.05) is 11.9 Å². The molecule has 6 nitrogen and oxygen atoms in total. The predicted octanol–water partition coefficient (Wildman–Crippen LogP) is 6.74. The summed E-state index contributed by atoms with van der Waals surface area (Å²) in [6.45, 7) is 8.86. The van der Waals surface area contributed by atoms with Crippen molar-refractivity contribution in [2.24, 2.45) is 0 Å². The highest BCUT2D eigenvalue weighted by Crippen LogP contribution is 2.31. The molecule has 0 atom stereocenters. The summed E-state index contributed by atoms with van der Waals surface area (Å²) < 4.78 is 12.7. The second-order valence-electron chi connectivity index (χ2n) is 8.46. The summed E-state index contributed by atoms with van der Waals surface area (Å²) >= 11 is 1.38. The molecule has 0 aliphatic heterocycles. The average molecular weight is 498 g/mol. The molecule has 1 N–H and O–H groups in total. The molecule has 0 saturated heterocycles. The second kappa shape index (κ2) is 11.1. The highest BCUT2D eigenvalue weighted by atomic mass is 32.1. The molecule has 0 fully saturated rings. The Kier molecular flexibility index (Phi) is 7.67. The Morgan fingerprint density at radius 2 is 1.86 bits per heavy atom. The summed E-state index contributed by atoms with van der Waals surface area (Å²) in [7, 11) is 0. The largest absolute Gasteiger partial charge is 0.490 e. The highest BCUT2D eigenvalue weighted by Gasteiger charge is 2.14. The van der Waals surface area contributed by atoms with Crippen molar-refractivity contribution in [3.63, 3.8) is 0 Å². The molecule has 0 aliphatic carbocycles. The summed E-state index contributed by atoms with van der Waals surface area (Å²) in [6, 6.07) is 19.5. The van der Waals surface area contributed by atoms with E-state index in [0.29, 0.717) is 35.4 Å². The topological polar surface area (TPSA) is 84.2 Å². The van der Waals surface area contributed by atoms with Crippen LogP contribution in [0.15, 0.2) is 60.2 Å². The normalized spacial score (nSPS) is 11.2. The molecule has 1 amide bonds. The monoisotopic (exact) mass is 497 g/mol. The number of rotatable bonds is 8. The molecule has 0 unspecified atom stereocenters. The van der Waals surface area contributed by atoms with E-state index < -0.39 is 5.91 Å². The van der Waals surface area contributed by atoms with Gasteiger partial charge in [-0.3, -0.25) is 10.1 Å². The van der Waals surface area contributed by atoms with E-state index in [1.807, 2.05) is 58.0 Å². The Hall–Kier alpha value is -4.15. The van der Waals surface area contributed by atoms with Gasteiger partial charge in [-0.25, -0.2) is 4.98 Å². The quantitative estimate of drug-likeness (QED) is 0.215. The van der Waals surface area contributed by atoms with Crippen molar-refractivity contribution in [1.82, 2.24) is 4.98 Å². The molecular formula is C29H27N3O3S. The van der Waals surface area contributed by atoms with Crippen LogP contribution in [0.1, 0.15) is 34.7 Å². The van der Waals surface area contributed by atoms with Crippen molar-refractivity contribution in [2.45, 2.75) is 34.3 Å². The van der Waals surface area contributed by atoms with Gasteiger partial charge in [0.2, 0.25) is 0 Å². The fraction of sp³-hybridized carbons (Fsp3) is 0.207. The Labute approximate surface area is 214 Å². The van der Waals surface area contributed by atoms with E-state index in [4.69, 9.17) is 9.47 Å². The van der Waals surface area contributed by atoms with Gasteiger partial charge in [-0.15, -0.1) is 0 Å². The number of carbonyl (C=O) groups is 1. The molecule has 3 aromatic carbocycles. The molecule has 0 bridgehead atoms. The summed E-state index contributed by atoms with van der Waals surface area (Å²) in [6.07, 6.45) is 1.53. The molecule has 1 aromatic heterocycles. The Bertz CT molecular complexity index is 1460. The summed E-state index contributed by atoms with van der Waals surface area (Å²) in [5.74, 6) is 0.634. The third-order valence-corrected chi connectivity index (χ3v) is 6.58. The Balaban J connectivity index is 1.52. The van der Waals surface area contributed by atoms with Crippen molar-refractivity contribution in [3.05, 3.63) is 88.0 Å². The lowest BCUT2D eigenvalue weighted by Gasteiger charge is -2.13. The van der Waals surface area contributed by atoms with Crippen LogP contribution in [0, 0.1) is 32.1 Å². The van der Waals surface area contributed by atoms with Gasteiger partial charge in [0, 0.05) is 0 Å². The molecular weight excluding hydrogens is 470 g/mol. The van der Waals surface area contributed by atoms with Crippen LogP contribution < -0.4 is 14.8 Å². The van der Waals surface area contributed by atoms with Crippen LogP contribution in [-0.4, -0.2) is 17.5 Å². The number of amides is 1. The van der Waals surface area contributed by atoms with Gasteiger partial charge in [-0.1, -0.05) is 47.2 Å². The average Bonchev–Trinajstić information content (AvgIpc) is 3.23. The third-order valence-electron chi connectivity index (χ3n) is 5.64. The summed E-state index contributed by atoms with van der Waals surface area (Å²) in [5, 5.41) is 12.9. The number of nitriles is 1. The van der Waals surface area contributed by atoms with Crippen molar-refractivity contribution < 1.29 is 14.3 Å². The number of fused-ring (bicyclic) bond motifs is 1. The van der Waals surface area contributed by atoms with E-state index in [-0.39, 0.29) is 5.57 Å². The number of carbonyl (C=O) groups excluding carboxylic acids is 1. The zero-order valence-electron chi connectivity index (χ0n) is 20.7. The number of aryl methyl sites for hydroxylation is 3. The Morgan fingerprint density at radius 3 is 2.61 bits per heavy atom. The maximum Gasteiger partial charge on any atom is 0.268 e. The number of hydrogen-bond acceptors (Lipinski definition) is 6. The van der Waals surface area contributed by atoms with Crippen LogP contribution in [0.3, 0.4) is 0 Å². The van der Waals surface area contributed by atoms with E-state index in [0.717, 1.165) is 26.9 Å². The molecule has 0 aliphatic rings. The molecule has 0 radical (unpaired) electrons. The number of nitrogens with zero attached hydrogens (tertiary/aromatic N) is 2. The van der Waals surface area contributed by atoms with Crippen LogP contribution in [0.4, 0.5) is 5.13 Å². The highest BCUT2D eigenvalue weighted by molar-refractivity contribution is 7.22. The molecule has 1 heterocycles. The van der Waals surface area contributed by atoms with Crippen LogP contribution in [0.5, 0.6) is 11.5 Å². The molecule has 182 valence electrons. The maximum absolute atomic E-state index is 12.8. The molecule has 7 heteroatoms. The summed E-state index contributed by atoms with van der Waals surface area (Å²) in [5.41, 5.74) is 5.98. The molecule has 0 saturated carbocycles. The third kappa shape index (κ3) is 5.91. The van der Waals surface area contributed by atoms with Gasteiger partial charge >= 0.3 is 0 Å². The van der Waals surface area contributed by atoms with E-state index >= 15 is 0 Å². The van der Waals surface area contributed by atoms with Crippen LogP contribution >= 0.6 is 11.3 Å². The lowest BCUT2D eigenvalue weighted by atomic mass is 10.1. The zero-order chi connectivity index (χ0) is 25.7. The first kappa shape index (κ1) is 25.0. The van der Waals surface area contributed by atoms with Crippen molar-refractivity contribution >= 4 is 38.7 Å².